The fourth-order valence-corrected chi connectivity index (χ4v) is 5.43. The summed E-state index contributed by atoms with van der Waals surface area (Å²) >= 11 is 0. The second-order valence-electron chi connectivity index (χ2n) is 7.88. The summed E-state index contributed by atoms with van der Waals surface area (Å²) < 4.78 is 5.03. The molecular formula is C21H24N2O3. The van der Waals surface area contributed by atoms with Crippen molar-refractivity contribution in [3.8, 4) is 0 Å². The van der Waals surface area contributed by atoms with Gasteiger partial charge in [0.2, 0.25) is 0 Å². The van der Waals surface area contributed by atoms with Gasteiger partial charge in [-0.25, -0.2) is 0 Å². The third-order valence-corrected chi connectivity index (χ3v) is 6.67. The van der Waals surface area contributed by atoms with Crippen LogP contribution >= 0.6 is 0 Å². The van der Waals surface area contributed by atoms with Gasteiger partial charge in [-0.2, -0.15) is 0 Å². The van der Waals surface area contributed by atoms with E-state index in [-0.39, 0.29) is 17.9 Å². The molecule has 0 radical (unpaired) electrons. The summed E-state index contributed by atoms with van der Waals surface area (Å²) in [7, 11) is 1.42. The molecule has 1 saturated carbocycles. The van der Waals surface area contributed by atoms with E-state index in [0.29, 0.717) is 12.3 Å². The zero-order valence-electron chi connectivity index (χ0n) is 14.9. The third kappa shape index (κ3) is 2.23. The molecule has 1 aromatic carbocycles. The number of hydrogen-bond donors (Lipinski definition) is 2. The second-order valence-corrected chi connectivity index (χ2v) is 7.88. The number of nitrogens with one attached hydrogen (secondary N) is 1. The molecule has 2 aliphatic heterocycles. The first-order valence-electron chi connectivity index (χ1n) is 9.48. The van der Waals surface area contributed by atoms with Gasteiger partial charge in [0.15, 0.2) is 0 Å². The van der Waals surface area contributed by atoms with Crippen molar-refractivity contribution in [2.75, 3.05) is 13.7 Å². The van der Waals surface area contributed by atoms with Crippen LogP contribution in [-0.4, -0.2) is 40.7 Å². The lowest BCUT2D eigenvalue weighted by Gasteiger charge is -2.50. The molecule has 0 amide bonds. The van der Waals surface area contributed by atoms with Gasteiger partial charge >= 0.3 is 5.97 Å². The topological polar surface area (TPSA) is 65.6 Å². The number of aromatic amines is 1. The summed E-state index contributed by atoms with van der Waals surface area (Å²) in [5, 5.41) is 11.7. The van der Waals surface area contributed by atoms with Crippen molar-refractivity contribution in [3.05, 3.63) is 41.7 Å². The Morgan fingerprint density at radius 3 is 3.00 bits per heavy atom. The van der Waals surface area contributed by atoms with Crippen LogP contribution < -0.4 is 0 Å². The molecule has 3 heterocycles. The summed E-state index contributed by atoms with van der Waals surface area (Å²) in [6.45, 7) is 0.931. The molecule has 1 aromatic heterocycles. The lowest BCUT2D eigenvalue weighted by atomic mass is 9.65. The quantitative estimate of drug-likeness (QED) is 0.774. The molecule has 3 aliphatic rings. The number of benzene rings is 1. The van der Waals surface area contributed by atoms with Crippen molar-refractivity contribution >= 4 is 22.9 Å². The first kappa shape index (κ1) is 15.9. The predicted molar refractivity (Wildman–Crippen MR) is 99.1 cm³/mol. The minimum atomic E-state index is -0.587. The number of aliphatic hydroxyl groups excluding tert-OH is 1. The van der Waals surface area contributed by atoms with Crippen LogP contribution in [-0.2, 0) is 9.53 Å². The Morgan fingerprint density at radius 1 is 1.31 bits per heavy atom. The molecule has 5 rings (SSSR count). The van der Waals surface area contributed by atoms with E-state index in [9.17, 15) is 9.90 Å². The Bertz CT molecular complexity index is 887. The van der Waals surface area contributed by atoms with E-state index in [0.717, 1.165) is 24.9 Å². The van der Waals surface area contributed by atoms with Crippen LogP contribution in [0.2, 0.25) is 0 Å². The largest absolute Gasteiger partial charge is 0.469 e. The number of aliphatic hydroxyl groups is 1. The van der Waals surface area contributed by atoms with E-state index >= 15 is 0 Å². The number of para-hydroxylation sites is 1. The lowest BCUT2D eigenvalue weighted by Crippen LogP contribution is -2.51. The van der Waals surface area contributed by atoms with Crippen molar-refractivity contribution in [1.82, 2.24) is 9.88 Å². The van der Waals surface area contributed by atoms with Gasteiger partial charge < -0.3 is 19.7 Å². The number of esters is 1. The first-order valence-corrected chi connectivity index (χ1v) is 9.48. The van der Waals surface area contributed by atoms with Crippen molar-refractivity contribution in [2.24, 2.45) is 17.8 Å². The van der Waals surface area contributed by atoms with Gasteiger partial charge in [0.25, 0.3) is 0 Å². The average Bonchev–Trinajstić information content (AvgIpc) is 3.05. The molecule has 5 atom stereocenters. The molecule has 1 aliphatic carbocycles. The summed E-state index contributed by atoms with van der Waals surface area (Å²) in [6.07, 6.45) is 6.35. The summed E-state index contributed by atoms with van der Waals surface area (Å²) in [5.41, 5.74) is 3.64. The van der Waals surface area contributed by atoms with E-state index in [1.54, 1.807) is 0 Å². The number of rotatable bonds is 1. The third-order valence-electron chi connectivity index (χ3n) is 6.67. The van der Waals surface area contributed by atoms with Crippen LogP contribution in [0.3, 0.4) is 0 Å². The zero-order chi connectivity index (χ0) is 17.8. The first-order chi connectivity index (χ1) is 12.7. The molecule has 2 fully saturated rings. The van der Waals surface area contributed by atoms with Crippen LogP contribution in [0.1, 0.15) is 36.6 Å². The fraction of sp³-hybridized carbons (Fsp3) is 0.476. The van der Waals surface area contributed by atoms with Crippen molar-refractivity contribution < 1.29 is 14.6 Å². The number of piperidine rings is 1. The minimum absolute atomic E-state index is 0.165. The van der Waals surface area contributed by atoms with Gasteiger partial charge in [0.1, 0.15) is 0 Å². The molecule has 26 heavy (non-hydrogen) atoms. The molecule has 2 N–H and O–H groups in total. The van der Waals surface area contributed by atoms with Crippen LogP contribution in [0.4, 0.5) is 0 Å². The van der Waals surface area contributed by atoms with Gasteiger partial charge in [0.05, 0.1) is 25.2 Å². The lowest BCUT2D eigenvalue weighted by molar-refractivity contribution is -0.159. The van der Waals surface area contributed by atoms with Crippen molar-refractivity contribution in [1.29, 1.82) is 0 Å². The van der Waals surface area contributed by atoms with Crippen molar-refractivity contribution in [3.63, 3.8) is 0 Å². The number of ether oxygens (including phenoxy) is 1. The number of hydrogen-bond acceptors (Lipinski definition) is 4. The number of fused-ring (bicyclic) bond motifs is 6. The maximum absolute atomic E-state index is 12.4. The number of H-pyrrole nitrogens is 1. The fourth-order valence-electron chi connectivity index (χ4n) is 5.43. The molecule has 136 valence electrons. The Kier molecular flexibility index (Phi) is 3.60. The Balaban J connectivity index is 1.54. The monoisotopic (exact) mass is 352 g/mol. The van der Waals surface area contributed by atoms with E-state index in [4.69, 9.17) is 4.74 Å². The van der Waals surface area contributed by atoms with Gasteiger partial charge in [-0.1, -0.05) is 18.2 Å². The summed E-state index contributed by atoms with van der Waals surface area (Å²) in [5.74, 6) is -0.0731. The highest BCUT2D eigenvalue weighted by molar-refractivity contribution is 5.91. The zero-order valence-corrected chi connectivity index (χ0v) is 14.9. The number of aromatic nitrogens is 1. The van der Waals surface area contributed by atoms with Crippen LogP contribution in [0.15, 0.2) is 30.5 Å². The maximum Gasteiger partial charge on any atom is 0.311 e. The Morgan fingerprint density at radius 2 is 2.15 bits per heavy atom. The molecule has 2 aromatic rings. The van der Waals surface area contributed by atoms with Crippen LogP contribution in [0.25, 0.3) is 17.0 Å². The second kappa shape index (κ2) is 5.88. The van der Waals surface area contributed by atoms with Crippen molar-refractivity contribution in [2.45, 2.75) is 31.4 Å². The van der Waals surface area contributed by atoms with Gasteiger partial charge in [0, 0.05) is 34.9 Å². The highest BCUT2D eigenvalue weighted by atomic mass is 16.5. The summed E-state index contributed by atoms with van der Waals surface area (Å²) in [4.78, 5) is 18.4. The molecule has 0 bridgehead atoms. The Labute approximate surface area is 152 Å². The minimum Gasteiger partial charge on any atom is -0.469 e. The predicted octanol–water partition coefficient (Wildman–Crippen LogP) is 3.08. The SMILES string of the molecule is COC(=O)[C@@H]1[C@@H]2CC3c4[nH]c5ccccc5c4C=CN3C[C@@H]2CC[C@@H]1O. The highest BCUT2D eigenvalue weighted by Gasteiger charge is 2.48. The van der Waals surface area contributed by atoms with Crippen LogP contribution in [0.5, 0.6) is 0 Å². The standard InChI is InChI=1S/C21H24N2O3/c1-26-21(25)19-15-10-17-20-14(13-4-2-3-5-16(13)22-20)8-9-23(17)11-12(15)6-7-18(19)24/h2-5,8-9,12,15,17-19,22,24H,6-7,10-11H2,1H3/t12-,15+,17?,18-,19+/m0/s1. The maximum atomic E-state index is 12.4. The number of carbonyl (C=O) groups is 1. The molecule has 1 unspecified atom stereocenters. The van der Waals surface area contributed by atoms with Crippen LogP contribution in [0, 0.1) is 17.8 Å². The van der Waals surface area contributed by atoms with E-state index in [1.165, 1.54) is 23.8 Å². The molecule has 5 nitrogen and oxygen atoms in total. The number of nitrogens with zero attached hydrogens (tertiary/aromatic N) is 1. The van der Waals surface area contributed by atoms with E-state index in [2.05, 4.69) is 40.4 Å². The van der Waals surface area contributed by atoms with E-state index < -0.39 is 12.0 Å². The molecule has 0 spiro atoms. The van der Waals surface area contributed by atoms with Gasteiger partial charge in [-0.3, -0.25) is 4.79 Å². The average molecular weight is 352 g/mol. The highest BCUT2D eigenvalue weighted by Crippen LogP contribution is 2.49. The smallest absolute Gasteiger partial charge is 0.311 e. The van der Waals surface area contributed by atoms with Gasteiger partial charge in [-0.15, -0.1) is 0 Å². The normalized spacial score (nSPS) is 32.7. The van der Waals surface area contributed by atoms with Gasteiger partial charge in [-0.05, 0) is 43.2 Å². The van der Waals surface area contributed by atoms with E-state index in [1.807, 2.05) is 6.07 Å². The molecule has 5 heteroatoms. The number of carbonyl (C=O) groups excluding carboxylic acids is 1. The molecular weight excluding hydrogens is 328 g/mol. The Hall–Kier alpha value is -2.27. The summed E-state index contributed by atoms with van der Waals surface area (Å²) in [6, 6.07) is 8.60. The molecule has 1 saturated heterocycles. The number of methoxy groups -OCH3 is 1.